The van der Waals surface area contributed by atoms with Crippen LogP contribution in [0.4, 0.5) is 0 Å². The first-order valence-electron chi connectivity index (χ1n) is 20.2. The van der Waals surface area contributed by atoms with Gasteiger partial charge in [0, 0.05) is 12.8 Å². The van der Waals surface area contributed by atoms with Crippen LogP contribution in [-0.2, 0) is 4.79 Å². The summed E-state index contributed by atoms with van der Waals surface area (Å²) in [6.45, 7) is 8.08. The predicted molar refractivity (Wildman–Crippen MR) is 203 cm³/mol. The fourth-order valence-electron chi connectivity index (χ4n) is 6.57. The predicted octanol–water partition coefficient (Wildman–Crippen LogP) is 9.98. The summed E-state index contributed by atoms with van der Waals surface area (Å²) >= 11 is 0. The number of likely N-dealkylation sites (N-methyl/N-ethyl adjacent to an activating group) is 1. The number of hydrogen-bond acceptors (Lipinski definition) is 4. The zero-order valence-electron chi connectivity index (χ0n) is 31.4. The lowest BCUT2D eigenvalue weighted by Crippen LogP contribution is -2.51. The third kappa shape index (κ3) is 25.2. The van der Waals surface area contributed by atoms with Crippen LogP contribution in [0.3, 0.4) is 0 Å². The molecule has 0 saturated carbocycles. The zero-order valence-corrected chi connectivity index (χ0v) is 31.4. The summed E-state index contributed by atoms with van der Waals surface area (Å²) in [7, 11) is 2.29. The Morgan fingerprint density at radius 2 is 1.23 bits per heavy atom. The molecule has 3 atom stereocenters. The number of aliphatic imine (C=N–C) groups is 1. The molecule has 0 radical (unpaired) electrons. The Morgan fingerprint density at radius 1 is 0.723 bits per heavy atom. The van der Waals surface area contributed by atoms with E-state index in [1.807, 2.05) is 0 Å². The van der Waals surface area contributed by atoms with Gasteiger partial charge in [0.2, 0.25) is 5.91 Å². The lowest BCUT2D eigenvalue weighted by atomic mass is 10.1. The van der Waals surface area contributed by atoms with E-state index >= 15 is 0 Å². The molecule has 1 amide bonds. The Kier molecular flexibility index (Phi) is 28.3. The van der Waals surface area contributed by atoms with Crippen LogP contribution in [0.1, 0.15) is 181 Å². The number of aliphatic hydroxyl groups excluding tert-OH is 2. The number of unbranched alkanes of at least 4 members (excludes halogenated alkanes) is 16. The number of nitrogens with one attached hydrogen (secondary N) is 1. The van der Waals surface area contributed by atoms with Gasteiger partial charge in [0.05, 0.1) is 32.3 Å². The Bertz CT molecular complexity index is 827. The maximum atomic E-state index is 12.4. The van der Waals surface area contributed by atoms with Crippen molar-refractivity contribution < 1.29 is 19.5 Å². The molecular formula is C41H78N3O3+. The highest BCUT2D eigenvalue weighted by atomic mass is 16.3. The van der Waals surface area contributed by atoms with E-state index in [-0.39, 0.29) is 18.1 Å². The van der Waals surface area contributed by atoms with Gasteiger partial charge in [-0.05, 0) is 64.2 Å². The first-order chi connectivity index (χ1) is 22.9. The van der Waals surface area contributed by atoms with E-state index in [9.17, 15) is 15.0 Å². The van der Waals surface area contributed by atoms with Gasteiger partial charge in [-0.2, -0.15) is 0 Å². The zero-order chi connectivity index (χ0) is 34.3. The van der Waals surface area contributed by atoms with Gasteiger partial charge < -0.3 is 15.5 Å². The molecule has 274 valence electrons. The molecule has 0 bridgehead atoms. The molecule has 0 aromatic rings. The van der Waals surface area contributed by atoms with Crippen LogP contribution in [0.15, 0.2) is 29.3 Å². The molecule has 0 fully saturated rings. The van der Waals surface area contributed by atoms with E-state index in [1.165, 1.54) is 95.7 Å². The van der Waals surface area contributed by atoms with Crippen LogP contribution < -0.4 is 5.32 Å². The van der Waals surface area contributed by atoms with Gasteiger partial charge in [0.25, 0.3) is 0 Å². The van der Waals surface area contributed by atoms with Crippen LogP contribution in [-0.4, -0.2) is 71.9 Å². The molecule has 0 spiro atoms. The van der Waals surface area contributed by atoms with Crippen LogP contribution in [0.2, 0.25) is 0 Å². The summed E-state index contributed by atoms with van der Waals surface area (Å²) in [5.41, 5.74) is 0. The molecule has 3 N–H and O–H groups in total. The van der Waals surface area contributed by atoms with Crippen molar-refractivity contribution in [1.82, 2.24) is 5.32 Å². The third-order valence-electron chi connectivity index (χ3n) is 9.92. The normalized spacial score (nSPS) is 17.9. The number of aliphatic hydroxyl groups is 2. The summed E-state index contributed by atoms with van der Waals surface area (Å²) in [5, 5.41) is 23.3. The second-order valence-electron chi connectivity index (χ2n) is 14.5. The minimum Gasteiger partial charge on any atom is -0.393 e. The molecule has 47 heavy (non-hydrogen) atoms. The van der Waals surface area contributed by atoms with E-state index < -0.39 is 0 Å². The van der Waals surface area contributed by atoms with Crippen LogP contribution in [0.5, 0.6) is 0 Å². The number of rotatable bonds is 33. The summed E-state index contributed by atoms with van der Waals surface area (Å²) in [4.78, 5) is 17.3. The average molecular weight is 661 g/mol. The highest BCUT2D eigenvalue weighted by molar-refractivity contribution is 5.77. The largest absolute Gasteiger partial charge is 0.393 e. The van der Waals surface area contributed by atoms with Gasteiger partial charge in [-0.25, -0.2) is 4.99 Å². The number of nitrogens with zero attached hydrogens (tertiary/aromatic N) is 2. The number of carbonyl (C=O) groups is 1. The smallest absolute Gasteiger partial charge is 0.220 e. The van der Waals surface area contributed by atoms with Crippen molar-refractivity contribution >= 4 is 11.7 Å². The van der Waals surface area contributed by atoms with E-state index in [4.69, 9.17) is 4.99 Å². The lowest BCUT2D eigenvalue weighted by molar-refractivity contribution is -0.814. The number of hydrogen-bond donors (Lipinski definition) is 3. The van der Waals surface area contributed by atoms with Gasteiger partial charge >= 0.3 is 0 Å². The van der Waals surface area contributed by atoms with Crippen molar-refractivity contribution in [3.05, 3.63) is 24.3 Å². The first-order valence-corrected chi connectivity index (χ1v) is 20.2. The first kappa shape index (κ1) is 43.5. The molecule has 1 aliphatic heterocycles. The van der Waals surface area contributed by atoms with Gasteiger partial charge in [-0.3, -0.25) is 9.28 Å². The molecule has 1 heterocycles. The van der Waals surface area contributed by atoms with Crippen LogP contribution in [0, 0.1) is 0 Å². The minimum absolute atomic E-state index is 0.164. The Labute approximate surface area is 291 Å². The average Bonchev–Trinajstić information content (AvgIpc) is 3.42. The van der Waals surface area contributed by atoms with E-state index in [0.29, 0.717) is 6.42 Å². The molecule has 1 rings (SSSR count). The molecular weight excluding hydrogens is 582 g/mol. The monoisotopic (exact) mass is 661 g/mol. The third-order valence-corrected chi connectivity index (χ3v) is 9.92. The van der Waals surface area contributed by atoms with Crippen molar-refractivity contribution in [2.24, 2.45) is 4.99 Å². The topological polar surface area (TPSA) is 81.9 Å². The highest BCUT2D eigenvalue weighted by Gasteiger charge is 2.32. The van der Waals surface area contributed by atoms with Crippen molar-refractivity contribution in [2.75, 3.05) is 33.2 Å². The molecule has 1 unspecified atom stereocenters. The molecule has 0 aromatic carbocycles. The second kappa shape index (κ2) is 30.6. The van der Waals surface area contributed by atoms with Gasteiger partial charge in [0.15, 0.2) is 5.84 Å². The van der Waals surface area contributed by atoms with Gasteiger partial charge in [-0.15, -0.1) is 0 Å². The molecule has 6 nitrogen and oxygen atoms in total. The van der Waals surface area contributed by atoms with Crippen LogP contribution >= 0.6 is 0 Å². The van der Waals surface area contributed by atoms with Crippen molar-refractivity contribution in [3.63, 3.8) is 0 Å². The fourth-order valence-corrected chi connectivity index (χ4v) is 6.57. The van der Waals surface area contributed by atoms with E-state index in [1.54, 1.807) is 0 Å². The Hall–Kier alpha value is -1.50. The molecule has 0 aromatic heterocycles. The van der Waals surface area contributed by atoms with Crippen LogP contribution in [0.25, 0.3) is 0 Å². The summed E-state index contributed by atoms with van der Waals surface area (Å²) < 4.78 is 0.891. The maximum Gasteiger partial charge on any atom is 0.220 e. The number of allylic oxidation sites excluding steroid dienone is 2. The molecule has 0 aliphatic carbocycles. The van der Waals surface area contributed by atoms with Gasteiger partial charge in [0.1, 0.15) is 13.1 Å². The molecule has 6 heteroatoms. The van der Waals surface area contributed by atoms with Crippen molar-refractivity contribution in [3.8, 4) is 0 Å². The molecule has 1 aliphatic rings. The van der Waals surface area contributed by atoms with Crippen molar-refractivity contribution in [2.45, 2.75) is 193 Å². The summed E-state index contributed by atoms with van der Waals surface area (Å²) in [5.74, 6) is 1.52. The Balaban J connectivity index is 1.99. The standard InChI is InChI=1S/C41H77N3O3/c1-4-6-8-22-28-38(45)30-24-18-14-10-12-16-20-26-32-40-42-34-36-44(40,3)37-35-43-41(47)33-27-21-17-13-11-15-19-25-31-39(46)29-23-9-7-5-2/h18-19,24-25,38-39,45-46H,4-17,20-23,26-37H2,1-3H3/p+1/b24-18+,25-19+/t38-,39-,44?/m1/s1. The van der Waals surface area contributed by atoms with Gasteiger partial charge in [-0.1, -0.05) is 128 Å². The lowest BCUT2D eigenvalue weighted by Gasteiger charge is -2.30. The fraction of sp³-hybridized carbons (Fsp3) is 0.854. The quantitative estimate of drug-likeness (QED) is 0.0372. The minimum atomic E-state index is -0.175. The van der Waals surface area contributed by atoms with Crippen molar-refractivity contribution in [1.29, 1.82) is 0 Å². The number of amides is 1. The van der Waals surface area contributed by atoms with E-state index in [0.717, 1.165) is 101 Å². The SMILES string of the molecule is CCCCCC[C@@H](O)C/C=C/CCCCCCCC(=O)NCC[N+]1(C)CCN=C1CCCCCCC/C=C/C[C@H](O)CCCCCC. The number of carbonyl (C=O) groups excluding carboxylic acids is 1. The molecule has 0 saturated heterocycles. The Morgan fingerprint density at radius 3 is 1.81 bits per heavy atom. The summed E-state index contributed by atoms with van der Waals surface area (Å²) in [6.07, 6.45) is 37.7. The number of amidine groups is 1. The summed E-state index contributed by atoms with van der Waals surface area (Å²) in [6, 6.07) is 0. The van der Waals surface area contributed by atoms with E-state index in [2.05, 4.69) is 50.5 Å². The maximum absolute atomic E-state index is 12.4. The number of quaternary nitrogens is 1. The highest BCUT2D eigenvalue weighted by Crippen LogP contribution is 2.18. The second-order valence-corrected chi connectivity index (χ2v) is 14.5.